The highest BCUT2D eigenvalue weighted by Gasteiger charge is 2.30. The maximum absolute atomic E-state index is 12.4. The number of rotatable bonds is 6. The summed E-state index contributed by atoms with van der Waals surface area (Å²) in [5, 5.41) is 3.05. The van der Waals surface area contributed by atoms with Crippen LogP contribution in [0, 0.1) is 11.8 Å². The number of nitrogens with one attached hydrogen (secondary N) is 1. The highest BCUT2D eigenvalue weighted by atomic mass is 32.2. The molecule has 0 spiro atoms. The number of amides is 1. The lowest BCUT2D eigenvalue weighted by molar-refractivity contribution is -0.125. The number of hydrogen-bond acceptors (Lipinski definition) is 5. The summed E-state index contributed by atoms with van der Waals surface area (Å²) in [5.74, 6) is 2.07. The number of hydrogen-bond donors (Lipinski definition) is 1. The van der Waals surface area contributed by atoms with Crippen molar-refractivity contribution < 1.29 is 9.53 Å². The van der Waals surface area contributed by atoms with E-state index in [2.05, 4.69) is 53.2 Å². The van der Waals surface area contributed by atoms with Crippen LogP contribution in [0.2, 0.25) is 0 Å². The molecule has 6 nitrogen and oxygen atoms in total. The average molecular weight is 459 g/mol. The van der Waals surface area contributed by atoms with Crippen molar-refractivity contribution >= 4 is 28.9 Å². The molecular weight excluding hydrogens is 420 g/mol. The number of ether oxygens (including phenoxy) is 1. The van der Waals surface area contributed by atoms with Gasteiger partial charge in [-0.25, -0.2) is 9.29 Å². The molecule has 3 heterocycles. The molecule has 1 aromatic carbocycles. The van der Waals surface area contributed by atoms with Gasteiger partial charge in [0.05, 0.1) is 17.0 Å². The van der Waals surface area contributed by atoms with Crippen LogP contribution in [0.25, 0.3) is 11.0 Å². The summed E-state index contributed by atoms with van der Waals surface area (Å²) < 4.78 is 10.3. The maximum atomic E-state index is 12.4. The van der Waals surface area contributed by atoms with Crippen molar-refractivity contribution in [2.24, 2.45) is 11.8 Å². The second kappa shape index (κ2) is 9.74. The molecule has 32 heavy (non-hydrogen) atoms. The summed E-state index contributed by atoms with van der Waals surface area (Å²) in [7, 11) is 0. The van der Waals surface area contributed by atoms with Gasteiger partial charge in [0.2, 0.25) is 5.91 Å². The molecule has 1 aromatic heterocycles. The first kappa shape index (κ1) is 23.6. The lowest BCUT2D eigenvalue weighted by Crippen LogP contribution is -2.36. The second-order valence-electron chi connectivity index (χ2n) is 10.6. The minimum atomic E-state index is -0.0105. The highest BCUT2D eigenvalue weighted by Crippen LogP contribution is 2.34. The van der Waals surface area contributed by atoms with Gasteiger partial charge in [-0.1, -0.05) is 20.8 Å². The Labute approximate surface area is 196 Å². The van der Waals surface area contributed by atoms with Crippen molar-refractivity contribution in [2.75, 3.05) is 26.3 Å². The Kier molecular flexibility index (Phi) is 7.18. The van der Waals surface area contributed by atoms with Crippen molar-refractivity contribution in [3.05, 3.63) is 24.0 Å². The minimum absolute atomic E-state index is 0.0105. The molecule has 0 bridgehead atoms. The van der Waals surface area contributed by atoms with E-state index in [4.69, 9.17) is 9.72 Å². The number of imidazole rings is 1. The Balaban J connectivity index is 1.51. The third-order valence-electron chi connectivity index (χ3n) is 6.36. The van der Waals surface area contributed by atoms with E-state index in [1.54, 1.807) is 11.9 Å². The first-order chi connectivity index (χ1) is 15.2. The molecule has 4 rings (SSSR count). The fourth-order valence-corrected chi connectivity index (χ4v) is 5.73. The van der Waals surface area contributed by atoms with Gasteiger partial charge < -0.3 is 14.6 Å². The Morgan fingerprint density at radius 1 is 1.25 bits per heavy atom. The van der Waals surface area contributed by atoms with Gasteiger partial charge in [-0.05, 0) is 69.2 Å². The lowest BCUT2D eigenvalue weighted by atomic mass is 9.94. The minimum Gasteiger partial charge on any atom is -0.381 e. The van der Waals surface area contributed by atoms with Crippen molar-refractivity contribution in [1.82, 2.24) is 19.2 Å². The van der Waals surface area contributed by atoms with Crippen LogP contribution in [0.4, 0.5) is 0 Å². The molecule has 1 unspecified atom stereocenters. The SMILES string of the molecule is CC(C)NC(=O)C1CCN(Sc2ccc3c(c2)nc(C(C)(C)C)n3CC2CCOCC2)C1. The largest absolute Gasteiger partial charge is 0.381 e. The smallest absolute Gasteiger partial charge is 0.224 e. The quantitative estimate of drug-likeness (QED) is 0.641. The summed E-state index contributed by atoms with van der Waals surface area (Å²) >= 11 is 1.75. The Hall–Kier alpha value is -1.57. The predicted octanol–water partition coefficient (Wildman–Crippen LogP) is 4.61. The van der Waals surface area contributed by atoms with Crippen LogP contribution in [0.3, 0.4) is 0 Å². The average Bonchev–Trinajstić information content (AvgIpc) is 3.33. The Morgan fingerprint density at radius 2 is 2.00 bits per heavy atom. The van der Waals surface area contributed by atoms with Gasteiger partial charge in [-0.3, -0.25) is 4.79 Å². The van der Waals surface area contributed by atoms with E-state index >= 15 is 0 Å². The van der Waals surface area contributed by atoms with Gasteiger partial charge in [0, 0.05) is 49.2 Å². The van der Waals surface area contributed by atoms with E-state index in [0.717, 1.165) is 63.5 Å². The molecule has 1 atom stereocenters. The normalized spacial score (nSPS) is 21.0. The zero-order valence-corrected chi connectivity index (χ0v) is 21.0. The highest BCUT2D eigenvalue weighted by molar-refractivity contribution is 7.97. The third kappa shape index (κ3) is 5.49. The number of aromatic nitrogens is 2. The number of carbonyl (C=O) groups excluding carboxylic acids is 1. The molecule has 2 aliphatic rings. The molecule has 7 heteroatoms. The van der Waals surface area contributed by atoms with Crippen LogP contribution in [0.5, 0.6) is 0 Å². The molecule has 2 fully saturated rings. The third-order valence-corrected chi connectivity index (χ3v) is 7.41. The van der Waals surface area contributed by atoms with Gasteiger partial charge in [0.1, 0.15) is 5.82 Å². The monoisotopic (exact) mass is 458 g/mol. The number of carbonyl (C=O) groups is 1. The topological polar surface area (TPSA) is 59.4 Å². The van der Waals surface area contributed by atoms with Gasteiger partial charge in [0.15, 0.2) is 0 Å². The predicted molar refractivity (Wildman–Crippen MR) is 131 cm³/mol. The van der Waals surface area contributed by atoms with Crippen molar-refractivity contribution in [1.29, 1.82) is 0 Å². The molecule has 1 N–H and O–H groups in total. The summed E-state index contributed by atoms with van der Waals surface area (Å²) in [6.45, 7) is 15.3. The number of benzene rings is 1. The first-order valence-electron chi connectivity index (χ1n) is 12.0. The van der Waals surface area contributed by atoms with Crippen LogP contribution in [0.15, 0.2) is 23.1 Å². The second-order valence-corrected chi connectivity index (χ2v) is 11.8. The van der Waals surface area contributed by atoms with E-state index in [1.807, 2.05) is 13.8 Å². The fraction of sp³-hybridized carbons (Fsp3) is 0.680. The zero-order valence-electron chi connectivity index (χ0n) is 20.2. The van der Waals surface area contributed by atoms with Gasteiger partial charge in [0.25, 0.3) is 0 Å². The molecule has 2 saturated heterocycles. The number of fused-ring (bicyclic) bond motifs is 1. The van der Waals surface area contributed by atoms with E-state index in [9.17, 15) is 4.79 Å². The molecule has 176 valence electrons. The van der Waals surface area contributed by atoms with Crippen molar-refractivity contribution in [2.45, 2.75) is 76.8 Å². The van der Waals surface area contributed by atoms with Crippen LogP contribution < -0.4 is 5.32 Å². The molecule has 0 saturated carbocycles. The van der Waals surface area contributed by atoms with Crippen molar-refractivity contribution in [3.63, 3.8) is 0 Å². The van der Waals surface area contributed by atoms with Crippen LogP contribution in [-0.2, 0) is 21.5 Å². The fourth-order valence-electron chi connectivity index (χ4n) is 4.69. The summed E-state index contributed by atoms with van der Waals surface area (Å²) in [6, 6.07) is 6.86. The number of nitrogens with zero attached hydrogens (tertiary/aromatic N) is 3. The van der Waals surface area contributed by atoms with Gasteiger partial charge >= 0.3 is 0 Å². The van der Waals surface area contributed by atoms with Crippen LogP contribution in [0.1, 0.15) is 59.7 Å². The molecule has 1 amide bonds. The summed E-state index contributed by atoms with van der Waals surface area (Å²) in [5.41, 5.74) is 2.28. The summed E-state index contributed by atoms with van der Waals surface area (Å²) in [6.07, 6.45) is 3.16. The Morgan fingerprint density at radius 3 is 2.69 bits per heavy atom. The molecule has 0 radical (unpaired) electrons. The van der Waals surface area contributed by atoms with Crippen LogP contribution >= 0.6 is 11.9 Å². The first-order valence-corrected chi connectivity index (χ1v) is 12.8. The zero-order chi connectivity index (χ0) is 22.9. The van der Waals surface area contributed by atoms with Crippen LogP contribution in [-0.4, -0.2) is 52.1 Å². The molecule has 2 aliphatic heterocycles. The lowest BCUT2D eigenvalue weighted by Gasteiger charge is -2.26. The van der Waals surface area contributed by atoms with E-state index in [1.165, 1.54) is 10.4 Å². The Bertz CT molecular complexity index is 943. The standard InChI is InChI=1S/C25H38N4O2S/c1-17(2)26-23(30)19-8-11-28(16-19)32-20-6-7-22-21(14-20)27-24(25(3,4)5)29(22)15-18-9-12-31-13-10-18/h6-7,14,17-19H,8-13,15-16H2,1-5H3,(H,26,30). The van der Waals surface area contributed by atoms with Crippen molar-refractivity contribution in [3.8, 4) is 0 Å². The van der Waals surface area contributed by atoms with E-state index in [0.29, 0.717) is 5.92 Å². The molecular formula is C25H38N4O2S. The summed E-state index contributed by atoms with van der Waals surface area (Å²) in [4.78, 5) is 18.6. The van der Waals surface area contributed by atoms with Gasteiger partial charge in [-0.2, -0.15) is 0 Å². The van der Waals surface area contributed by atoms with E-state index < -0.39 is 0 Å². The molecule has 2 aromatic rings. The van der Waals surface area contributed by atoms with E-state index in [-0.39, 0.29) is 23.3 Å². The molecule has 0 aliphatic carbocycles. The van der Waals surface area contributed by atoms with Gasteiger partial charge in [-0.15, -0.1) is 0 Å². The maximum Gasteiger partial charge on any atom is 0.224 e.